The van der Waals surface area contributed by atoms with Crippen LogP contribution in [0.3, 0.4) is 0 Å². The molecule has 1 N–H and O–H groups in total. The topological polar surface area (TPSA) is 73.2 Å². The number of benzene rings is 2. The fourth-order valence-electron chi connectivity index (χ4n) is 3.70. The fourth-order valence-corrected chi connectivity index (χ4v) is 3.89. The van der Waals surface area contributed by atoms with Gasteiger partial charge in [-0.3, -0.25) is 9.59 Å². The summed E-state index contributed by atoms with van der Waals surface area (Å²) in [5, 5.41) is 8.03. The minimum atomic E-state index is -0.593. The lowest BCUT2D eigenvalue weighted by molar-refractivity contribution is -0.116. The van der Waals surface area contributed by atoms with E-state index in [1.54, 1.807) is 41.1 Å². The monoisotopic (exact) mass is 423 g/mol. The van der Waals surface area contributed by atoms with E-state index in [1.807, 2.05) is 26.0 Å². The van der Waals surface area contributed by atoms with Crippen molar-refractivity contribution < 1.29 is 14.3 Å². The van der Waals surface area contributed by atoms with Crippen molar-refractivity contribution in [2.75, 3.05) is 11.9 Å². The van der Waals surface area contributed by atoms with Crippen molar-refractivity contribution >= 4 is 29.1 Å². The Labute approximate surface area is 179 Å². The van der Waals surface area contributed by atoms with Gasteiger partial charge in [0.2, 0.25) is 5.91 Å². The summed E-state index contributed by atoms with van der Waals surface area (Å²) in [7, 11) is 0. The molecule has 0 radical (unpaired) electrons. The van der Waals surface area contributed by atoms with Crippen molar-refractivity contribution in [2.24, 2.45) is 0 Å². The van der Waals surface area contributed by atoms with E-state index in [4.69, 9.17) is 16.3 Å². The van der Waals surface area contributed by atoms with Gasteiger partial charge in [-0.1, -0.05) is 24.6 Å². The van der Waals surface area contributed by atoms with Crippen LogP contribution in [-0.4, -0.2) is 28.1 Å². The number of halogens is 1. The third kappa shape index (κ3) is 3.83. The minimum Gasteiger partial charge on any atom is -0.494 e. The number of aryl methyl sites for hydroxylation is 1. The van der Waals surface area contributed by atoms with Crippen LogP contribution in [0.2, 0.25) is 5.02 Å². The van der Waals surface area contributed by atoms with Crippen LogP contribution in [0.25, 0.3) is 5.69 Å². The zero-order valence-electron chi connectivity index (χ0n) is 16.8. The quantitative estimate of drug-likeness (QED) is 0.570. The maximum Gasteiger partial charge on any atom is 0.226 e. The standard InChI is InChI=1S/C23H22ClN3O3/c1-3-11-30-18-9-7-15(8-10-18)22(29)19-13-20(28)25-23-21(19)14(2)26-27(23)17-6-4-5-16(24)12-17/h4-10,12,19H,3,11,13H2,1-2H3,(H,25,28)/t19-/m0/s1. The highest BCUT2D eigenvalue weighted by atomic mass is 35.5. The van der Waals surface area contributed by atoms with Crippen molar-refractivity contribution in [1.29, 1.82) is 0 Å². The molecule has 0 saturated carbocycles. The summed E-state index contributed by atoms with van der Waals surface area (Å²) in [6, 6.07) is 14.3. The second kappa shape index (κ2) is 8.32. The van der Waals surface area contributed by atoms with E-state index in [1.165, 1.54) is 0 Å². The number of anilines is 1. The van der Waals surface area contributed by atoms with Crippen molar-refractivity contribution in [3.63, 3.8) is 0 Å². The summed E-state index contributed by atoms with van der Waals surface area (Å²) in [6.07, 6.45) is 0.999. The average Bonchev–Trinajstić information content (AvgIpc) is 3.08. The molecule has 0 bridgehead atoms. The number of rotatable bonds is 6. The molecule has 1 aliphatic heterocycles. The molecule has 0 aliphatic carbocycles. The summed E-state index contributed by atoms with van der Waals surface area (Å²) in [5.74, 6) is 0.325. The summed E-state index contributed by atoms with van der Waals surface area (Å²) in [6.45, 7) is 4.51. The number of aromatic nitrogens is 2. The van der Waals surface area contributed by atoms with Crippen molar-refractivity contribution in [2.45, 2.75) is 32.6 Å². The Kier molecular flexibility index (Phi) is 5.59. The molecule has 7 heteroatoms. The Balaban J connectivity index is 1.70. The highest BCUT2D eigenvalue weighted by molar-refractivity contribution is 6.30. The van der Waals surface area contributed by atoms with Gasteiger partial charge in [0.25, 0.3) is 0 Å². The van der Waals surface area contributed by atoms with Gasteiger partial charge in [0.05, 0.1) is 23.9 Å². The van der Waals surface area contributed by atoms with Crippen LogP contribution in [0.4, 0.5) is 5.82 Å². The lowest BCUT2D eigenvalue weighted by Gasteiger charge is -2.23. The fraction of sp³-hybridized carbons (Fsp3) is 0.261. The van der Waals surface area contributed by atoms with E-state index in [0.29, 0.717) is 28.7 Å². The van der Waals surface area contributed by atoms with E-state index in [-0.39, 0.29) is 18.1 Å². The lowest BCUT2D eigenvalue weighted by atomic mass is 9.85. The zero-order valence-corrected chi connectivity index (χ0v) is 17.6. The number of Topliss-reactive ketones (excluding diaryl/α,β-unsaturated/α-hetero) is 1. The average molecular weight is 424 g/mol. The number of nitrogens with one attached hydrogen (secondary N) is 1. The third-order valence-electron chi connectivity index (χ3n) is 5.08. The molecule has 1 amide bonds. The Morgan fingerprint density at radius 1 is 1.27 bits per heavy atom. The minimum absolute atomic E-state index is 0.0853. The number of amides is 1. The van der Waals surface area contributed by atoms with Gasteiger partial charge in [0.15, 0.2) is 5.78 Å². The molecular formula is C23H22ClN3O3. The van der Waals surface area contributed by atoms with Crippen LogP contribution in [0.15, 0.2) is 48.5 Å². The van der Waals surface area contributed by atoms with Crippen LogP contribution in [0.5, 0.6) is 5.75 Å². The summed E-state index contributed by atoms with van der Waals surface area (Å²) in [5.41, 5.74) is 2.70. The Morgan fingerprint density at radius 2 is 2.03 bits per heavy atom. The predicted octanol–water partition coefficient (Wildman–Crippen LogP) is 4.93. The van der Waals surface area contributed by atoms with Crippen LogP contribution in [0.1, 0.15) is 47.3 Å². The molecule has 0 spiro atoms. The number of hydrogen-bond donors (Lipinski definition) is 1. The number of carbonyl (C=O) groups excluding carboxylic acids is 2. The second-order valence-corrected chi connectivity index (χ2v) is 7.72. The van der Waals surface area contributed by atoms with Gasteiger partial charge >= 0.3 is 0 Å². The largest absolute Gasteiger partial charge is 0.494 e. The molecule has 2 heterocycles. The molecule has 0 fully saturated rings. The van der Waals surface area contributed by atoms with Crippen molar-refractivity contribution in [3.8, 4) is 11.4 Å². The number of nitrogens with zero attached hydrogens (tertiary/aromatic N) is 2. The van der Waals surface area contributed by atoms with Gasteiger partial charge in [-0.25, -0.2) is 4.68 Å². The van der Waals surface area contributed by atoms with Crippen LogP contribution >= 0.6 is 11.6 Å². The van der Waals surface area contributed by atoms with Crippen LogP contribution in [0, 0.1) is 6.92 Å². The molecule has 3 aromatic rings. The first kappa shape index (κ1) is 20.2. The normalized spacial score (nSPS) is 15.4. The van der Waals surface area contributed by atoms with Gasteiger partial charge in [-0.15, -0.1) is 0 Å². The molecule has 1 aromatic heterocycles. The molecule has 4 rings (SSSR count). The highest BCUT2D eigenvalue weighted by Crippen LogP contribution is 2.38. The van der Waals surface area contributed by atoms with Crippen molar-refractivity contribution in [3.05, 3.63) is 70.4 Å². The SMILES string of the molecule is CCCOc1ccc(C(=O)[C@H]2CC(=O)Nc3c2c(C)nn3-c2cccc(Cl)c2)cc1. The lowest BCUT2D eigenvalue weighted by Crippen LogP contribution is -2.28. The van der Waals surface area contributed by atoms with Gasteiger partial charge < -0.3 is 10.1 Å². The van der Waals surface area contributed by atoms with E-state index < -0.39 is 5.92 Å². The van der Waals surface area contributed by atoms with Gasteiger partial charge in [0.1, 0.15) is 11.6 Å². The van der Waals surface area contributed by atoms with Gasteiger partial charge in [-0.2, -0.15) is 5.10 Å². The molecule has 2 aromatic carbocycles. The number of carbonyl (C=O) groups is 2. The number of ether oxygens (including phenoxy) is 1. The summed E-state index contributed by atoms with van der Waals surface area (Å²) in [4.78, 5) is 25.8. The maximum absolute atomic E-state index is 13.3. The number of fused-ring (bicyclic) bond motifs is 1. The second-order valence-electron chi connectivity index (χ2n) is 7.28. The Hall–Kier alpha value is -3.12. The van der Waals surface area contributed by atoms with E-state index in [0.717, 1.165) is 23.4 Å². The summed E-state index contributed by atoms with van der Waals surface area (Å²) >= 11 is 6.12. The van der Waals surface area contributed by atoms with Gasteiger partial charge in [0, 0.05) is 22.6 Å². The van der Waals surface area contributed by atoms with Crippen molar-refractivity contribution in [1.82, 2.24) is 9.78 Å². The zero-order chi connectivity index (χ0) is 21.3. The highest BCUT2D eigenvalue weighted by Gasteiger charge is 2.36. The van der Waals surface area contributed by atoms with Crippen LogP contribution in [-0.2, 0) is 4.79 Å². The Bertz CT molecular complexity index is 1110. The third-order valence-corrected chi connectivity index (χ3v) is 5.32. The molecule has 6 nitrogen and oxygen atoms in total. The molecule has 1 aliphatic rings. The molecule has 154 valence electrons. The van der Waals surface area contributed by atoms with Crippen LogP contribution < -0.4 is 10.1 Å². The molecule has 1 atom stereocenters. The van der Waals surface area contributed by atoms with E-state index in [9.17, 15) is 9.59 Å². The first-order valence-corrected chi connectivity index (χ1v) is 10.3. The molecule has 30 heavy (non-hydrogen) atoms. The summed E-state index contributed by atoms with van der Waals surface area (Å²) < 4.78 is 7.22. The first-order valence-electron chi connectivity index (χ1n) is 9.90. The first-order chi connectivity index (χ1) is 14.5. The van der Waals surface area contributed by atoms with Gasteiger partial charge in [-0.05, 0) is 55.8 Å². The molecular weight excluding hydrogens is 402 g/mol. The molecule has 0 unspecified atom stereocenters. The maximum atomic E-state index is 13.3. The number of ketones is 1. The Morgan fingerprint density at radius 3 is 2.73 bits per heavy atom. The predicted molar refractivity (Wildman–Crippen MR) is 116 cm³/mol. The molecule has 0 saturated heterocycles. The van der Waals surface area contributed by atoms with E-state index >= 15 is 0 Å². The van der Waals surface area contributed by atoms with E-state index in [2.05, 4.69) is 10.4 Å². The smallest absolute Gasteiger partial charge is 0.226 e. The number of hydrogen-bond acceptors (Lipinski definition) is 4.